The Morgan fingerprint density at radius 2 is 2.05 bits per heavy atom. The lowest BCUT2D eigenvalue weighted by Gasteiger charge is -2.42. The van der Waals surface area contributed by atoms with Crippen molar-refractivity contribution < 1.29 is 4.74 Å². The lowest BCUT2D eigenvalue weighted by atomic mass is 9.97. The predicted octanol–water partition coefficient (Wildman–Crippen LogP) is -0.0141. The third-order valence-electron chi connectivity index (χ3n) is 3.91. The van der Waals surface area contributed by atoms with Crippen LogP contribution in [-0.4, -0.2) is 30.7 Å². The Hall–Kier alpha value is -2.67. The number of nitrogens with one attached hydrogen (secondary N) is 2. The zero-order chi connectivity index (χ0) is 15.7. The fraction of sp³-hybridized carbons (Fsp3) is 0.267. The Morgan fingerprint density at radius 1 is 1.32 bits per heavy atom. The lowest BCUT2D eigenvalue weighted by Crippen LogP contribution is -2.64. The first-order chi connectivity index (χ1) is 10.6. The highest BCUT2D eigenvalue weighted by atomic mass is 16.5. The molecule has 116 valence electrons. The molecular weight excluding hydrogens is 280 g/mol. The molecule has 0 aliphatic carbocycles. The van der Waals surface area contributed by atoms with Gasteiger partial charge in [-0.05, 0) is 24.7 Å². The molecule has 1 unspecified atom stereocenters. The predicted molar refractivity (Wildman–Crippen MR) is 85.4 cm³/mol. The minimum atomic E-state index is -0.548. The zero-order valence-electron chi connectivity index (χ0n) is 12.6. The van der Waals surface area contributed by atoms with Crippen LogP contribution in [-0.2, 0) is 6.42 Å². The highest BCUT2D eigenvalue weighted by Gasteiger charge is 2.41. The molecule has 7 heteroatoms. The molecule has 0 fully saturated rings. The van der Waals surface area contributed by atoms with Crippen LogP contribution in [0.2, 0.25) is 0 Å². The smallest absolute Gasteiger partial charge is 0.176 e. The first-order valence-corrected chi connectivity index (χ1v) is 6.99. The molecular formula is C15H20N6O. The van der Waals surface area contributed by atoms with Crippen LogP contribution in [0.15, 0.2) is 53.1 Å². The molecule has 7 nitrogen and oxygen atoms in total. The maximum Gasteiger partial charge on any atom is 0.176 e. The van der Waals surface area contributed by atoms with E-state index in [-0.39, 0.29) is 0 Å². The molecule has 2 aliphatic heterocycles. The molecule has 2 aliphatic rings. The van der Waals surface area contributed by atoms with E-state index in [4.69, 9.17) is 16.2 Å². The van der Waals surface area contributed by atoms with Crippen LogP contribution in [0, 0.1) is 0 Å². The van der Waals surface area contributed by atoms with E-state index in [1.54, 1.807) is 13.3 Å². The van der Waals surface area contributed by atoms with Crippen molar-refractivity contribution in [1.82, 2.24) is 15.8 Å². The number of hydrogen-bond donors (Lipinski definition) is 4. The summed E-state index contributed by atoms with van der Waals surface area (Å²) in [5.74, 6) is 1.89. The average molecular weight is 300 g/mol. The van der Waals surface area contributed by atoms with Crippen LogP contribution in [0.3, 0.4) is 0 Å². The monoisotopic (exact) mass is 300 g/mol. The highest BCUT2D eigenvalue weighted by Crippen LogP contribution is 2.28. The number of rotatable bonds is 4. The summed E-state index contributed by atoms with van der Waals surface area (Å²) in [6.45, 7) is 0. The second-order valence-electron chi connectivity index (χ2n) is 5.27. The van der Waals surface area contributed by atoms with Crippen molar-refractivity contribution in [2.24, 2.45) is 16.5 Å². The van der Waals surface area contributed by atoms with Gasteiger partial charge in [-0.2, -0.15) is 0 Å². The van der Waals surface area contributed by atoms with Gasteiger partial charge in [0.2, 0.25) is 0 Å². The summed E-state index contributed by atoms with van der Waals surface area (Å²) in [7, 11) is 3.53. The zero-order valence-corrected chi connectivity index (χ0v) is 12.6. The van der Waals surface area contributed by atoms with E-state index < -0.39 is 5.66 Å². The Balaban J connectivity index is 1.93. The molecule has 3 rings (SSSR count). The van der Waals surface area contributed by atoms with Crippen molar-refractivity contribution in [3.05, 3.63) is 53.6 Å². The highest BCUT2D eigenvalue weighted by molar-refractivity contribution is 6.00. The maximum atomic E-state index is 5.98. The summed E-state index contributed by atoms with van der Waals surface area (Å²) < 4.78 is 5.20. The van der Waals surface area contributed by atoms with Crippen molar-refractivity contribution >= 4 is 5.84 Å². The maximum absolute atomic E-state index is 5.98. The Morgan fingerprint density at radius 3 is 2.68 bits per heavy atom. The Labute approximate surface area is 129 Å². The standard InChI is InChI=1S/C15H20N6O/c1-18-15(7-10-3-5-11(22-2)6-4-10)8-13(17)20-14-12(16)9-19-21(14)15/h3-6,8-9,18-19H,7,16-17H2,1-2H3. The van der Waals surface area contributed by atoms with Gasteiger partial charge >= 0.3 is 0 Å². The molecule has 6 N–H and O–H groups in total. The van der Waals surface area contributed by atoms with Gasteiger partial charge in [-0.3, -0.25) is 10.7 Å². The number of hydrogen-bond acceptors (Lipinski definition) is 7. The number of ether oxygens (including phenoxy) is 1. The number of hydrazine groups is 1. The Kier molecular flexibility index (Phi) is 3.42. The average Bonchev–Trinajstić information content (AvgIpc) is 2.90. The first-order valence-electron chi connectivity index (χ1n) is 6.99. The number of nitrogens with two attached hydrogens (primary N) is 2. The van der Waals surface area contributed by atoms with Crippen LogP contribution in [0.1, 0.15) is 5.56 Å². The number of amidine groups is 1. The van der Waals surface area contributed by atoms with Crippen molar-refractivity contribution in [2.45, 2.75) is 12.1 Å². The molecule has 0 saturated heterocycles. The van der Waals surface area contributed by atoms with E-state index in [1.807, 2.05) is 42.4 Å². The minimum Gasteiger partial charge on any atom is -0.497 e. The quantitative estimate of drug-likeness (QED) is 0.624. The van der Waals surface area contributed by atoms with Gasteiger partial charge in [-0.15, -0.1) is 0 Å². The number of nitrogens with zero attached hydrogens (tertiary/aromatic N) is 2. The van der Waals surface area contributed by atoms with E-state index in [2.05, 4.69) is 15.7 Å². The molecule has 0 amide bonds. The second kappa shape index (κ2) is 5.27. The Bertz CT molecular complexity index is 663. The van der Waals surface area contributed by atoms with Gasteiger partial charge in [0.15, 0.2) is 5.84 Å². The SMILES string of the molecule is CNC1(Cc2ccc(OC)cc2)C=C(N)N=C2C(N)=CNN21. The first kappa shape index (κ1) is 14.3. The van der Waals surface area contributed by atoms with Gasteiger partial charge in [-0.25, -0.2) is 10.0 Å². The summed E-state index contributed by atoms with van der Waals surface area (Å²) in [6, 6.07) is 7.93. The van der Waals surface area contributed by atoms with Gasteiger partial charge in [0.25, 0.3) is 0 Å². The van der Waals surface area contributed by atoms with E-state index in [9.17, 15) is 0 Å². The van der Waals surface area contributed by atoms with Crippen LogP contribution in [0.5, 0.6) is 5.75 Å². The topological polar surface area (TPSA) is 101 Å². The largest absolute Gasteiger partial charge is 0.497 e. The fourth-order valence-electron chi connectivity index (χ4n) is 2.73. The number of methoxy groups -OCH3 is 1. The van der Waals surface area contributed by atoms with Crippen molar-refractivity contribution in [3.63, 3.8) is 0 Å². The molecule has 0 aromatic heterocycles. The number of benzene rings is 1. The van der Waals surface area contributed by atoms with Crippen molar-refractivity contribution in [2.75, 3.05) is 14.2 Å². The molecule has 0 saturated carbocycles. The summed E-state index contributed by atoms with van der Waals surface area (Å²) in [5, 5.41) is 5.21. The lowest BCUT2D eigenvalue weighted by molar-refractivity contribution is 0.155. The molecule has 2 heterocycles. The molecule has 1 aromatic rings. The second-order valence-corrected chi connectivity index (χ2v) is 5.27. The van der Waals surface area contributed by atoms with Crippen LogP contribution < -0.4 is 26.9 Å². The van der Waals surface area contributed by atoms with E-state index in [1.165, 1.54) is 0 Å². The summed E-state index contributed by atoms with van der Waals surface area (Å²) in [5.41, 5.74) is 16.2. The van der Waals surface area contributed by atoms with E-state index in [0.717, 1.165) is 11.3 Å². The normalized spacial score (nSPS) is 23.2. The molecule has 1 atom stereocenters. The fourth-order valence-corrected chi connectivity index (χ4v) is 2.73. The van der Waals surface area contributed by atoms with Crippen LogP contribution in [0.4, 0.5) is 0 Å². The number of aliphatic imine (C=N–C) groups is 1. The van der Waals surface area contributed by atoms with Gasteiger partial charge < -0.3 is 16.2 Å². The van der Waals surface area contributed by atoms with Gasteiger partial charge in [0.05, 0.1) is 12.8 Å². The number of likely N-dealkylation sites (N-methyl/N-ethyl adjacent to an activating group) is 1. The third kappa shape index (κ3) is 2.25. The van der Waals surface area contributed by atoms with Gasteiger partial charge in [0.1, 0.15) is 17.2 Å². The van der Waals surface area contributed by atoms with E-state index in [0.29, 0.717) is 23.8 Å². The molecule has 1 aromatic carbocycles. The number of fused-ring (bicyclic) bond motifs is 1. The van der Waals surface area contributed by atoms with Gasteiger partial charge in [0, 0.05) is 18.7 Å². The minimum absolute atomic E-state index is 0.439. The summed E-state index contributed by atoms with van der Waals surface area (Å²) in [6.07, 6.45) is 4.28. The van der Waals surface area contributed by atoms with Crippen molar-refractivity contribution in [3.8, 4) is 5.75 Å². The van der Waals surface area contributed by atoms with Gasteiger partial charge in [-0.1, -0.05) is 12.1 Å². The van der Waals surface area contributed by atoms with Crippen LogP contribution >= 0.6 is 0 Å². The molecule has 0 spiro atoms. The van der Waals surface area contributed by atoms with Crippen LogP contribution in [0.25, 0.3) is 0 Å². The molecule has 22 heavy (non-hydrogen) atoms. The molecule has 0 radical (unpaired) electrons. The van der Waals surface area contributed by atoms with E-state index >= 15 is 0 Å². The summed E-state index contributed by atoms with van der Waals surface area (Å²) in [4.78, 5) is 4.30. The third-order valence-corrected chi connectivity index (χ3v) is 3.91. The molecule has 0 bridgehead atoms. The summed E-state index contributed by atoms with van der Waals surface area (Å²) >= 11 is 0. The van der Waals surface area contributed by atoms with Crippen molar-refractivity contribution in [1.29, 1.82) is 0 Å².